The standard InChI is InChI=1S/C17H17F2NO2S/c1-11-3-6-16(22-2)15(9-11)20-17(21)7-8-23-12-4-5-13(18)14(19)10-12/h3-6,9-10H,7-8H2,1-2H3,(H,20,21). The van der Waals surface area contributed by atoms with Gasteiger partial charge in [0.1, 0.15) is 5.75 Å². The van der Waals surface area contributed by atoms with Crippen LogP contribution in [0.25, 0.3) is 0 Å². The molecule has 0 atom stereocenters. The molecule has 0 saturated heterocycles. The number of amides is 1. The van der Waals surface area contributed by atoms with Crippen molar-refractivity contribution in [1.82, 2.24) is 0 Å². The van der Waals surface area contributed by atoms with E-state index >= 15 is 0 Å². The fourth-order valence-electron chi connectivity index (χ4n) is 1.96. The van der Waals surface area contributed by atoms with E-state index in [4.69, 9.17) is 4.74 Å². The van der Waals surface area contributed by atoms with Crippen LogP contribution in [-0.4, -0.2) is 18.8 Å². The first-order chi connectivity index (χ1) is 11.0. The Labute approximate surface area is 138 Å². The summed E-state index contributed by atoms with van der Waals surface area (Å²) in [6, 6.07) is 9.22. The molecule has 0 aliphatic carbocycles. The van der Waals surface area contributed by atoms with Gasteiger partial charge < -0.3 is 10.1 Å². The molecule has 0 fully saturated rings. The van der Waals surface area contributed by atoms with Gasteiger partial charge in [-0.25, -0.2) is 8.78 Å². The average molecular weight is 337 g/mol. The number of carbonyl (C=O) groups excluding carboxylic acids is 1. The number of thioether (sulfide) groups is 1. The highest BCUT2D eigenvalue weighted by Gasteiger charge is 2.09. The van der Waals surface area contributed by atoms with Crippen LogP contribution in [0.4, 0.5) is 14.5 Å². The van der Waals surface area contributed by atoms with E-state index in [-0.39, 0.29) is 12.3 Å². The largest absolute Gasteiger partial charge is 0.495 e. The van der Waals surface area contributed by atoms with Crippen LogP contribution in [0.5, 0.6) is 5.75 Å². The van der Waals surface area contributed by atoms with E-state index in [9.17, 15) is 13.6 Å². The number of aryl methyl sites for hydroxylation is 1. The number of ether oxygens (including phenoxy) is 1. The first-order valence-corrected chi connectivity index (χ1v) is 8.00. The lowest BCUT2D eigenvalue weighted by Gasteiger charge is -2.11. The first kappa shape index (κ1) is 17.3. The third kappa shape index (κ3) is 4.96. The molecule has 2 aromatic carbocycles. The van der Waals surface area contributed by atoms with Gasteiger partial charge in [0.2, 0.25) is 5.91 Å². The zero-order valence-corrected chi connectivity index (χ0v) is 13.7. The van der Waals surface area contributed by atoms with Crippen LogP contribution in [-0.2, 0) is 4.79 Å². The van der Waals surface area contributed by atoms with E-state index in [1.807, 2.05) is 19.1 Å². The van der Waals surface area contributed by atoms with E-state index in [0.29, 0.717) is 22.1 Å². The van der Waals surface area contributed by atoms with E-state index < -0.39 is 11.6 Å². The molecule has 1 amide bonds. The highest BCUT2D eigenvalue weighted by Crippen LogP contribution is 2.26. The molecular formula is C17H17F2NO2S. The van der Waals surface area contributed by atoms with Gasteiger partial charge in [-0.2, -0.15) is 0 Å². The van der Waals surface area contributed by atoms with Crippen molar-refractivity contribution < 1.29 is 18.3 Å². The van der Waals surface area contributed by atoms with Gasteiger partial charge in [0.15, 0.2) is 11.6 Å². The van der Waals surface area contributed by atoms with Gasteiger partial charge in [-0.1, -0.05) is 6.07 Å². The van der Waals surface area contributed by atoms with Crippen LogP contribution in [0.1, 0.15) is 12.0 Å². The smallest absolute Gasteiger partial charge is 0.225 e. The second-order valence-corrected chi connectivity index (χ2v) is 6.09. The molecule has 0 aromatic heterocycles. The van der Waals surface area contributed by atoms with Crippen molar-refractivity contribution >= 4 is 23.4 Å². The molecule has 0 unspecified atom stereocenters. The zero-order chi connectivity index (χ0) is 16.8. The number of halogens is 2. The van der Waals surface area contributed by atoms with Crippen molar-refractivity contribution in [1.29, 1.82) is 0 Å². The molecule has 3 nitrogen and oxygen atoms in total. The third-order valence-electron chi connectivity index (χ3n) is 3.12. The quantitative estimate of drug-likeness (QED) is 0.794. The van der Waals surface area contributed by atoms with Gasteiger partial charge in [0, 0.05) is 17.1 Å². The Kier molecular flexibility index (Phi) is 5.98. The summed E-state index contributed by atoms with van der Waals surface area (Å²) in [5.74, 6) is -0.867. The number of rotatable bonds is 6. The Morgan fingerprint density at radius 2 is 1.96 bits per heavy atom. The number of anilines is 1. The number of nitrogens with one attached hydrogen (secondary N) is 1. The maximum Gasteiger partial charge on any atom is 0.225 e. The van der Waals surface area contributed by atoms with Crippen LogP contribution in [0.3, 0.4) is 0 Å². The lowest BCUT2D eigenvalue weighted by molar-refractivity contribution is -0.115. The molecule has 0 spiro atoms. The van der Waals surface area contributed by atoms with E-state index in [0.717, 1.165) is 17.7 Å². The molecule has 1 N–H and O–H groups in total. The average Bonchev–Trinajstić information content (AvgIpc) is 2.51. The van der Waals surface area contributed by atoms with Crippen molar-refractivity contribution in [3.63, 3.8) is 0 Å². The van der Waals surface area contributed by atoms with Crippen molar-refractivity contribution in [3.8, 4) is 5.75 Å². The SMILES string of the molecule is COc1ccc(C)cc1NC(=O)CCSc1ccc(F)c(F)c1. The molecule has 23 heavy (non-hydrogen) atoms. The zero-order valence-electron chi connectivity index (χ0n) is 12.9. The van der Waals surface area contributed by atoms with Crippen molar-refractivity contribution in [3.05, 3.63) is 53.6 Å². The molecule has 0 aliphatic heterocycles. The summed E-state index contributed by atoms with van der Waals surface area (Å²) in [6.07, 6.45) is 0.251. The van der Waals surface area contributed by atoms with Crippen molar-refractivity contribution in [2.45, 2.75) is 18.2 Å². The molecular weight excluding hydrogens is 320 g/mol. The maximum atomic E-state index is 13.1. The monoisotopic (exact) mass is 337 g/mol. The Morgan fingerprint density at radius 1 is 1.17 bits per heavy atom. The Bertz CT molecular complexity index is 707. The number of benzene rings is 2. The lowest BCUT2D eigenvalue weighted by Crippen LogP contribution is -2.13. The van der Waals surface area contributed by atoms with Gasteiger partial charge in [-0.15, -0.1) is 11.8 Å². The normalized spacial score (nSPS) is 10.4. The molecule has 122 valence electrons. The number of hydrogen-bond acceptors (Lipinski definition) is 3. The van der Waals surface area contributed by atoms with Gasteiger partial charge >= 0.3 is 0 Å². The molecule has 0 radical (unpaired) electrons. The molecule has 0 aliphatic rings. The Hall–Kier alpha value is -2.08. The van der Waals surface area contributed by atoms with Crippen LogP contribution < -0.4 is 10.1 Å². The minimum atomic E-state index is -0.885. The van der Waals surface area contributed by atoms with E-state index in [1.165, 1.54) is 17.8 Å². The summed E-state index contributed by atoms with van der Waals surface area (Å²) < 4.78 is 31.1. The van der Waals surface area contributed by atoms with Gasteiger partial charge in [-0.05, 0) is 42.8 Å². The number of hydrogen-bond donors (Lipinski definition) is 1. The third-order valence-corrected chi connectivity index (χ3v) is 4.11. The minimum absolute atomic E-state index is 0.163. The predicted octanol–water partition coefficient (Wildman–Crippen LogP) is 4.40. The topological polar surface area (TPSA) is 38.3 Å². The summed E-state index contributed by atoms with van der Waals surface area (Å²) in [6.45, 7) is 1.92. The van der Waals surface area contributed by atoms with Crippen LogP contribution in [0, 0.1) is 18.6 Å². The molecule has 2 rings (SSSR count). The molecule has 0 heterocycles. The van der Waals surface area contributed by atoms with E-state index in [2.05, 4.69) is 5.32 Å². The second kappa shape index (κ2) is 7.97. The summed E-state index contributed by atoms with van der Waals surface area (Å²) in [4.78, 5) is 12.6. The van der Waals surface area contributed by atoms with Crippen LogP contribution in [0.15, 0.2) is 41.3 Å². The maximum absolute atomic E-state index is 13.1. The second-order valence-electron chi connectivity index (χ2n) is 4.93. The van der Waals surface area contributed by atoms with Gasteiger partial charge in [0.05, 0.1) is 12.8 Å². The molecule has 0 bridgehead atoms. The Morgan fingerprint density at radius 3 is 2.65 bits per heavy atom. The van der Waals surface area contributed by atoms with Crippen molar-refractivity contribution in [2.75, 3.05) is 18.2 Å². The van der Waals surface area contributed by atoms with Gasteiger partial charge in [-0.3, -0.25) is 4.79 Å². The molecule has 0 saturated carbocycles. The lowest BCUT2D eigenvalue weighted by atomic mass is 10.2. The summed E-state index contributed by atoms with van der Waals surface area (Å²) in [5.41, 5.74) is 1.63. The Balaban J connectivity index is 1.88. The van der Waals surface area contributed by atoms with Crippen LogP contribution in [0.2, 0.25) is 0 Å². The molecule has 2 aromatic rings. The molecule has 6 heteroatoms. The summed E-state index contributed by atoms with van der Waals surface area (Å²) >= 11 is 1.30. The van der Waals surface area contributed by atoms with Crippen LogP contribution >= 0.6 is 11.8 Å². The van der Waals surface area contributed by atoms with E-state index in [1.54, 1.807) is 13.2 Å². The summed E-state index contributed by atoms with van der Waals surface area (Å²) in [7, 11) is 1.54. The number of carbonyl (C=O) groups is 1. The summed E-state index contributed by atoms with van der Waals surface area (Å²) in [5, 5.41) is 2.80. The fraction of sp³-hybridized carbons (Fsp3) is 0.235. The van der Waals surface area contributed by atoms with Crippen molar-refractivity contribution in [2.24, 2.45) is 0 Å². The highest BCUT2D eigenvalue weighted by atomic mass is 32.2. The minimum Gasteiger partial charge on any atom is -0.495 e. The predicted molar refractivity (Wildman–Crippen MR) is 88.1 cm³/mol. The highest BCUT2D eigenvalue weighted by molar-refractivity contribution is 7.99. The van der Waals surface area contributed by atoms with Gasteiger partial charge in [0.25, 0.3) is 0 Å². The number of methoxy groups -OCH3 is 1. The fourth-order valence-corrected chi connectivity index (χ4v) is 2.83. The first-order valence-electron chi connectivity index (χ1n) is 7.02.